The number of ether oxygens (including phenoxy) is 1. The molecular formula is C28H30N4O2. The van der Waals surface area contributed by atoms with E-state index in [9.17, 15) is 4.79 Å². The molecule has 6 nitrogen and oxygen atoms in total. The van der Waals surface area contributed by atoms with Crippen LogP contribution in [-0.4, -0.2) is 30.0 Å². The van der Waals surface area contributed by atoms with Crippen molar-refractivity contribution in [3.63, 3.8) is 0 Å². The van der Waals surface area contributed by atoms with Gasteiger partial charge in [0, 0.05) is 34.9 Å². The zero-order chi connectivity index (χ0) is 23.9. The summed E-state index contributed by atoms with van der Waals surface area (Å²) < 4.78 is 5.47. The Bertz CT molecular complexity index is 1310. The molecule has 34 heavy (non-hydrogen) atoms. The molecule has 3 N–H and O–H groups in total. The van der Waals surface area contributed by atoms with E-state index in [0.29, 0.717) is 24.7 Å². The van der Waals surface area contributed by atoms with Crippen LogP contribution < -0.4 is 15.4 Å². The quantitative estimate of drug-likeness (QED) is 0.250. The van der Waals surface area contributed by atoms with Gasteiger partial charge in [-0.3, -0.25) is 15.1 Å². The predicted octanol–water partition coefficient (Wildman–Crippen LogP) is 5.62. The number of aliphatic imine (C=N–C) groups is 1. The number of para-hydroxylation sites is 1. The number of nitrogens with one attached hydrogen (secondary N) is 3. The van der Waals surface area contributed by atoms with E-state index >= 15 is 0 Å². The van der Waals surface area contributed by atoms with Crippen LogP contribution in [0.1, 0.15) is 34.0 Å². The second-order valence-electron chi connectivity index (χ2n) is 8.19. The number of benzene rings is 3. The van der Waals surface area contributed by atoms with E-state index in [1.54, 1.807) is 24.3 Å². The summed E-state index contributed by atoms with van der Waals surface area (Å²) in [4.78, 5) is 21.0. The van der Waals surface area contributed by atoms with Gasteiger partial charge in [-0.1, -0.05) is 30.3 Å². The molecule has 0 fully saturated rings. The Labute approximate surface area is 200 Å². The summed E-state index contributed by atoms with van der Waals surface area (Å²) in [5.41, 5.74) is 5.96. The first-order chi connectivity index (χ1) is 16.5. The maximum absolute atomic E-state index is 13.0. The van der Waals surface area contributed by atoms with Gasteiger partial charge in [0.05, 0.1) is 6.61 Å². The van der Waals surface area contributed by atoms with Crippen LogP contribution in [0.25, 0.3) is 10.9 Å². The van der Waals surface area contributed by atoms with Crippen LogP contribution in [0.2, 0.25) is 0 Å². The average Bonchev–Trinajstić information content (AvgIpc) is 3.25. The van der Waals surface area contributed by atoms with Gasteiger partial charge in [0.25, 0.3) is 5.91 Å². The van der Waals surface area contributed by atoms with E-state index in [1.807, 2.05) is 45.2 Å². The number of H-pyrrole nitrogens is 1. The van der Waals surface area contributed by atoms with Gasteiger partial charge < -0.3 is 15.0 Å². The Morgan fingerprint density at radius 3 is 2.62 bits per heavy atom. The van der Waals surface area contributed by atoms with Gasteiger partial charge in [0.15, 0.2) is 0 Å². The normalized spacial score (nSPS) is 11.4. The Hall–Kier alpha value is -4.06. The molecule has 4 aromatic rings. The first-order valence-corrected chi connectivity index (χ1v) is 11.5. The number of nitrogens with zero attached hydrogens (tertiary/aromatic N) is 1. The lowest BCUT2D eigenvalue weighted by atomic mass is 10.1. The van der Waals surface area contributed by atoms with Gasteiger partial charge in [-0.25, -0.2) is 0 Å². The molecule has 0 saturated carbocycles. The highest BCUT2D eigenvalue weighted by Gasteiger charge is 2.11. The molecule has 0 atom stereocenters. The van der Waals surface area contributed by atoms with E-state index in [1.165, 1.54) is 10.9 Å². The van der Waals surface area contributed by atoms with Crippen molar-refractivity contribution in [2.24, 2.45) is 4.99 Å². The van der Waals surface area contributed by atoms with Crippen LogP contribution in [0.15, 0.2) is 77.9 Å². The molecule has 3 aromatic carbocycles. The van der Waals surface area contributed by atoms with E-state index in [-0.39, 0.29) is 5.91 Å². The van der Waals surface area contributed by atoms with E-state index in [2.05, 4.69) is 39.9 Å². The largest absolute Gasteiger partial charge is 0.494 e. The Kier molecular flexibility index (Phi) is 7.28. The van der Waals surface area contributed by atoms with Crippen molar-refractivity contribution in [3.8, 4) is 5.75 Å². The van der Waals surface area contributed by atoms with Gasteiger partial charge >= 0.3 is 0 Å². The fraction of sp³-hybridized carbons (Fsp3) is 0.214. The van der Waals surface area contributed by atoms with Crippen molar-refractivity contribution in [3.05, 3.63) is 95.2 Å². The van der Waals surface area contributed by atoms with Crippen molar-refractivity contribution in [2.75, 3.05) is 18.5 Å². The first kappa shape index (κ1) is 23.1. The second-order valence-corrected chi connectivity index (χ2v) is 8.19. The number of guanidine groups is 1. The number of carbonyl (C=O) groups is 1. The summed E-state index contributed by atoms with van der Waals surface area (Å²) in [6.45, 7) is 7.10. The van der Waals surface area contributed by atoms with Gasteiger partial charge in [-0.2, -0.15) is 0 Å². The molecule has 1 amide bonds. The van der Waals surface area contributed by atoms with Crippen molar-refractivity contribution >= 4 is 28.5 Å². The molecule has 174 valence electrons. The molecule has 0 aliphatic carbocycles. The fourth-order valence-corrected chi connectivity index (χ4v) is 3.78. The zero-order valence-corrected chi connectivity index (χ0v) is 19.8. The van der Waals surface area contributed by atoms with Gasteiger partial charge in [0.1, 0.15) is 5.75 Å². The monoisotopic (exact) mass is 454 g/mol. The number of hydrogen-bond donors (Lipinski definition) is 3. The fourth-order valence-electron chi connectivity index (χ4n) is 3.78. The number of fused-ring (bicyclic) bond motifs is 1. The van der Waals surface area contributed by atoms with Crippen LogP contribution in [-0.2, 0) is 6.42 Å². The summed E-state index contributed by atoms with van der Waals surface area (Å²) in [6.07, 6.45) is 2.78. The minimum atomic E-state index is -0.230. The maximum Gasteiger partial charge on any atom is 0.257 e. The molecule has 0 spiro atoms. The summed E-state index contributed by atoms with van der Waals surface area (Å²) in [6, 6.07) is 21.5. The average molecular weight is 455 g/mol. The molecule has 4 rings (SSSR count). The number of carbonyl (C=O) groups excluding carboxylic acids is 1. The molecule has 0 aliphatic heterocycles. The summed E-state index contributed by atoms with van der Waals surface area (Å²) >= 11 is 0. The zero-order valence-electron chi connectivity index (χ0n) is 19.8. The Balaban J connectivity index is 1.53. The highest BCUT2D eigenvalue weighted by Crippen LogP contribution is 2.19. The van der Waals surface area contributed by atoms with Gasteiger partial charge in [0.2, 0.25) is 5.96 Å². The molecule has 1 aromatic heterocycles. The summed E-state index contributed by atoms with van der Waals surface area (Å²) in [5.74, 6) is 0.930. The number of rotatable bonds is 7. The SMILES string of the molecule is CCOc1ccc(C(=O)NC(=NCCc2c[nH]c3ccccc23)Nc2cc(C)ccc2C)cc1. The lowest BCUT2D eigenvalue weighted by Gasteiger charge is -2.14. The first-order valence-electron chi connectivity index (χ1n) is 11.5. The molecule has 0 saturated heterocycles. The van der Waals surface area contributed by atoms with Gasteiger partial charge in [-0.05, 0) is 80.3 Å². The van der Waals surface area contributed by atoms with Crippen molar-refractivity contribution in [2.45, 2.75) is 27.2 Å². The molecule has 1 heterocycles. The van der Waals surface area contributed by atoms with E-state index in [0.717, 1.165) is 34.5 Å². The topological polar surface area (TPSA) is 78.5 Å². The van der Waals surface area contributed by atoms with Crippen LogP contribution in [0, 0.1) is 13.8 Å². The maximum atomic E-state index is 13.0. The highest BCUT2D eigenvalue weighted by atomic mass is 16.5. The number of aromatic amines is 1. The summed E-state index contributed by atoms with van der Waals surface area (Å²) in [5, 5.41) is 7.47. The van der Waals surface area contributed by atoms with E-state index < -0.39 is 0 Å². The van der Waals surface area contributed by atoms with Gasteiger partial charge in [-0.15, -0.1) is 0 Å². The Morgan fingerprint density at radius 2 is 1.82 bits per heavy atom. The highest BCUT2D eigenvalue weighted by molar-refractivity contribution is 6.10. The van der Waals surface area contributed by atoms with E-state index in [4.69, 9.17) is 9.73 Å². The number of amides is 1. The Morgan fingerprint density at radius 1 is 1.03 bits per heavy atom. The molecule has 0 aliphatic rings. The minimum absolute atomic E-state index is 0.230. The number of aryl methyl sites for hydroxylation is 2. The standard InChI is InChI=1S/C28H30N4O2/c1-4-34-23-13-11-21(12-14-23)27(33)32-28(31-26-17-19(2)9-10-20(26)3)29-16-15-22-18-30-25-8-6-5-7-24(22)25/h5-14,17-18,30H,4,15-16H2,1-3H3,(H2,29,31,32,33). The van der Waals surface area contributed by atoms with Crippen LogP contribution >= 0.6 is 0 Å². The summed E-state index contributed by atoms with van der Waals surface area (Å²) in [7, 11) is 0. The van der Waals surface area contributed by atoms with Crippen molar-refractivity contribution < 1.29 is 9.53 Å². The molecule has 0 bridgehead atoms. The third-order valence-corrected chi connectivity index (χ3v) is 5.63. The third-order valence-electron chi connectivity index (χ3n) is 5.63. The van der Waals surface area contributed by atoms with Crippen LogP contribution in [0.4, 0.5) is 5.69 Å². The number of anilines is 1. The number of aromatic nitrogens is 1. The lowest BCUT2D eigenvalue weighted by molar-refractivity contribution is 0.0977. The number of hydrogen-bond acceptors (Lipinski definition) is 3. The second kappa shape index (κ2) is 10.7. The minimum Gasteiger partial charge on any atom is -0.494 e. The molecule has 0 radical (unpaired) electrons. The lowest BCUT2D eigenvalue weighted by Crippen LogP contribution is -2.36. The van der Waals surface area contributed by atoms with Crippen molar-refractivity contribution in [1.29, 1.82) is 0 Å². The smallest absolute Gasteiger partial charge is 0.257 e. The predicted molar refractivity (Wildman–Crippen MR) is 139 cm³/mol. The third kappa shape index (κ3) is 5.64. The molecule has 6 heteroatoms. The van der Waals surface area contributed by atoms with Crippen LogP contribution in [0.5, 0.6) is 5.75 Å². The molecular weight excluding hydrogens is 424 g/mol. The molecule has 0 unspecified atom stereocenters. The van der Waals surface area contributed by atoms with Crippen molar-refractivity contribution in [1.82, 2.24) is 10.3 Å². The van der Waals surface area contributed by atoms with Crippen LogP contribution in [0.3, 0.4) is 0 Å².